The minimum atomic E-state index is 0.0765. The monoisotopic (exact) mass is 425 g/mol. The van der Waals surface area contributed by atoms with E-state index in [1.165, 1.54) is 0 Å². The molecule has 0 spiro atoms. The van der Waals surface area contributed by atoms with Gasteiger partial charge in [0.05, 0.1) is 22.8 Å². The van der Waals surface area contributed by atoms with Crippen LogP contribution in [-0.2, 0) is 11.3 Å². The molecule has 1 fully saturated rings. The Balaban J connectivity index is 1.31. The molecule has 1 saturated heterocycles. The lowest BCUT2D eigenvalue weighted by atomic mass is 10.2. The molecule has 3 heterocycles. The Kier molecular flexibility index (Phi) is 4.84. The Labute approximate surface area is 178 Å². The number of hydrogen-bond donors (Lipinski definition) is 0. The third-order valence-electron chi connectivity index (χ3n) is 5.33. The molecule has 0 atom stereocenters. The number of carbonyl (C=O) groups is 1. The number of anilines is 1. The predicted octanol–water partition coefficient (Wildman–Crippen LogP) is 3.88. The number of rotatable bonds is 4. The zero-order valence-corrected chi connectivity index (χ0v) is 17.2. The van der Waals surface area contributed by atoms with Crippen molar-refractivity contribution in [3.8, 4) is 23.0 Å². The molecule has 1 amide bonds. The molecule has 0 saturated carbocycles. The van der Waals surface area contributed by atoms with E-state index < -0.39 is 0 Å². The minimum absolute atomic E-state index is 0.0765. The van der Waals surface area contributed by atoms with Crippen molar-refractivity contribution in [2.24, 2.45) is 0 Å². The van der Waals surface area contributed by atoms with Crippen molar-refractivity contribution in [1.29, 1.82) is 0 Å². The first-order valence-electron chi connectivity index (χ1n) is 9.72. The molecule has 1 aromatic heterocycles. The first kappa shape index (κ1) is 19.0. The van der Waals surface area contributed by atoms with Gasteiger partial charge in [0.25, 0.3) is 0 Å². The van der Waals surface area contributed by atoms with E-state index in [4.69, 9.17) is 25.5 Å². The van der Waals surface area contributed by atoms with Crippen LogP contribution in [0.1, 0.15) is 11.5 Å². The topological polar surface area (TPSA) is 68.0 Å². The van der Waals surface area contributed by atoms with Gasteiger partial charge in [0.1, 0.15) is 5.76 Å². The molecular formula is C22H20ClN3O4. The molecule has 8 heteroatoms. The van der Waals surface area contributed by atoms with Gasteiger partial charge in [-0.3, -0.25) is 9.69 Å². The van der Waals surface area contributed by atoms with Crippen molar-refractivity contribution in [2.75, 3.05) is 31.3 Å². The van der Waals surface area contributed by atoms with Crippen LogP contribution < -0.4 is 14.4 Å². The Morgan fingerprint density at radius 1 is 1.10 bits per heavy atom. The summed E-state index contributed by atoms with van der Waals surface area (Å²) in [6, 6.07) is 13.2. The molecule has 2 aliphatic rings. The van der Waals surface area contributed by atoms with Gasteiger partial charge in [0.2, 0.25) is 18.6 Å². The zero-order valence-electron chi connectivity index (χ0n) is 16.4. The van der Waals surface area contributed by atoms with E-state index in [-0.39, 0.29) is 12.7 Å². The number of amides is 1. The van der Waals surface area contributed by atoms with Crippen LogP contribution in [0.25, 0.3) is 11.5 Å². The van der Waals surface area contributed by atoms with Gasteiger partial charge in [-0.25, -0.2) is 4.98 Å². The second-order valence-electron chi connectivity index (χ2n) is 7.30. The second-order valence-corrected chi connectivity index (χ2v) is 7.71. The molecule has 0 radical (unpaired) electrons. The highest BCUT2D eigenvalue weighted by Crippen LogP contribution is 2.41. The third kappa shape index (κ3) is 3.51. The maximum atomic E-state index is 12.7. The number of oxazole rings is 1. The summed E-state index contributed by atoms with van der Waals surface area (Å²) >= 11 is 6.39. The Bertz CT molecular complexity index is 1100. The highest BCUT2D eigenvalue weighted by molar-refractivity contribution is 6.33. The summed E-state index contributed by atoms with van der Waals surface area (Å²) in [5.41, 5.74) is 2.37. The van der Waals surface area contributed by atoms with Crippen molar-refractivity contribution in [3.63, 3.8) is 0 Å². The van der Waals surface area contributed by atoms with Crippen LogP contribution in [-0.4, -0.2) is 42.2 Å². The van der Waals surface area contributed by atoms with E-state index in [9.17, 15) is 4.79 Å². The van der Waals surface area contributed by atoms with E-state index >= 15 is 0 Å². The smallest absolute Gasteiger partial charge is 0.241 e. The average molecular weight is 426 g/mol. The fourth-order valence-electron chi connectivity index (χ4n) is 3.72. The molecule has 2 aliphatic heterocycles. The van der Waals surface area contributed by atoms with Gasteiger partial charge >= 0.3 is 0 Å². The number of aryl methyl sites for hydroxylation is 1. The summed E-state index contributed by atoms with van der Waals surface area (Å²) in [6.07, 6.45) is 0. The number of nitrogens with zero attached hydrogens (tertiary/aromatic N) is 3. The maximum Gasteiger partial charge on any atom is 0.241 e. The lowest BCUT2D eigenvalue weighted by Gasteiger charge is -2.34. The minimum Gasteiger partial charge on any atom is -0.454 e. The van der Waals surface area contributed by atoms with Gasteiger partial charge < -0.3 is 18.8 Å². The second kappa shape index (κ2) is 7.66. The van der Waals surface area contributed by atoms with Crippen LogP contribution >= 0.6 is 11.6 Å². The summed E-state index contributed by atoms with van der Waals surface area (Å²) in [5, 5.41) is 0.485. The lowest BCUT2D eigenvalue weighted by Crippen LogP contribution is -2.50. The van der Waals surface area contributed by atoms with Crippen molar-refractivity contribution < 1.29 is 18.7 Å². The summed E-state index contributed by atoms with van der Waals surface area (Å²) < 4.78 is 16.7. The highest BCUT2D eigenvalue weighted by Gasteiger charge is 2.27. The van der Waals surface area contributed by atoms with Gasteiger partial charge in [0.15, 0.2) is 11.5 Å². The van der Waals surface area contributed by atoms with Crippen LogP contribution in [0.15, 0.2) is 46.9 Å². The molecule has 154 valence electrons. The van der Waals surface area contributed by atoms with Gasteiger partial charge in [-0.1, -0.05) is 29.8 Å². The molecule has 30 heavy (non-hydrogen) atoms. The van der Waals surface area contributed by atoms with Crippen LogP contribution in [0.4, 0.5) is 5.69 Å². The predicted molar refractivity (Wildman–Crippen MR) is 112 cm³/mol. The van der Waals surface area contributed by atoms with Crippen molar-refractivity contribution in [3.05, 3.63) is 58.9 Å². The van der Waals surface area contributed by atoms with Gasteiger partial charge in [-0.05, 0) is 25.1 Å². The molecule has 0 unspecified atom stereocenters. The van der Waals surface area contributed by atoms with Crippen molar-refractivity contribution in [2.45, 2.75) is 13.5 Å². The first-order valence-corrected chi connectivity index (χ1v) is 10.1. The number of carbonyl (C=O) groups excluding carboxylic acids is 1. The number of ether oxygens (including phenoxy) is 2. The molecule has 2 aromatic carbocycles. The van der Waals surface area contributed by atoms with Gasteiger partial charge in [-0.15, -0.1) is 0 Å². The molecular weight excluding hydrogens is 406 g/mol. The standard InChI is InChI=1S/C22H20ClN3O4/c1-14-18(11-25-7-8-26(21(27)12-25)15-5-3-2-4-6-15)24-22(30-14)16-9-19-20(10-17(16)23)29-13-28-19/h2-6,9-10H,7-8,11-13H2,1H3. The summed E-state index contributed by atoms with van der Waals surface area (Å²) in [5.74, 6) is 2.45. The molecule has 0 bridgehead atoms. The number of benzene rings is 2. The van der Waals surface area contributed by atoms with E-state index in [1.54, 1.807) is 12.1 Å². The van der Waals surface area contributed by atoms with E-state index in [0.29, 0.717) is 53.4 Å². The van der Waals surface area contributed by atoms with E-state index in [0.717, 1.165) is 17.9 Å². The number of piperazine rings is 1. The van der Waals surface area contributed by atoms with Gasteiger partial charge in [-0.2, -0.15) is 0 Å². The number of para-hydroxylation sites is 1. The molecule has 0 aliphatic carbocycles. The molecule has 7 nitrogen and oxygen atoms in total. The van der Waals surface area contributed by atoms with E-state index in [2.05, 4.69) is 9.88 Å². The quantitative estimate of drug-likeness (QED) is 0.632. The Morgan fingerprint density at radius 3 is 2.63 bits per heavy atom. The summed E-state index contributed by atoms with van der Waals surface area (Å²) in [4.78, 5) is 21.2. The van der Waals surface area contributed by atoms with Crippen LogP contribution in [0.5, 0.6) is 11.5 Å². The Morgan fingerprint density at radius 2 is 1.87 bits per heavy atom. The number of fused-ring (bicyclic) bond motifs is 1. The fraction of sp³-hybridized carbons (Fsp3) is 0.273. The fourth-order valence-corrected chi connectivity index (χ4v) is 3.96. The van der Waals surface area contributed by atoms with Crippen LogP contribution in [0.2, 0.25) is 5.02 Å². The SMILES string of the molecule is Cc1oc(-c2cc3c(cc2Cl)OCO3)nc1CN1CCN(c2ccccc2)C(=O)C1. The largest absolute Gasteiger partial charge is 0.454 e. The molecule has 3 aromatic rings. The average Bonchev–Trinajstić information content (AvgIpc) is 3.34. The normalized spacial score (nSPS) is 16.3. The highest BCUT2D eigenvalue weighted by atomic mass is 35.5. The van der Waals surface area contributed by atoms with Gasteiger partial charge in [0, 0.05) is 31.4 Å². The Hall–Kier alpha value is -3.03. The number of halogens is 1. The van der Waals surface area contributed by atoms with Crippen molar-refractivity contribution in [1.82, 2.24) is 9.88 Å². The van der Waals surface area contributed by atoms with Crippen molar-refractivity contribution >= 4 is 23.2 Å². The number of aromatic nitrogens is 1. The summed E-state index contributed by atoms with van der Waals surface area (Å²) in [7, 11) is 0. The van der Waals surface area contributed by atoms with E-state index in [1.807, 2.05) is 42.2 Å². The van der Waals surface area contributed by atoms with Crippen LogP contribution in [0, 0.1) is 6.92 Å². The molecule has 5 rings (SSSR count). The third-order valence-corrected chi connectivity index (χ3v) is 5.64. The van der Waals surface area contributed by atoms with Crippen LogP contribution in [0.3, 0.4) is 0 Å². The zero-order chi connectivity index (χ0) is 20.7. The summed E-state index contributed by atoms with van der Waals surface area (Å²) in [6.45, 7) is 4.31. The number of hydrogen-bond acceptors (Lipinski definition) is 6. The maximum absolute atomic E-state index is 12.7. The molecule has 0 N–H and O–H groups in total. The first-order chi connectivity index (χ1) is 14.6. The lowest BCUT2D eigenvalue weighted by molar-refractivity contribution is -0.121.